The first kappa shape index (κ1) is 27.9. The minimum absolute atomic E-state index is 0.0835. The molecule has 2 saturated heterocycles. The molecule has 7 nitrogen and oxygen atoms in total. The molecule has 5 rings (SSSR count). The first-order chi connectivity index (χ1) is 19.6. The van der Waals surface area contributed by atoms with Gasteiger partial charge in [0.2, 0.25) is 5.91 Å². The van der Waals surface area contributed by atoms with Crippen LogP contribution in [0.1, 0.15) is 40.7 Å². The number of nitrogens with one attached hydrogen (secondary N) is 2. The third-order valence-corrected chi connectivity index (χ3v) is 8.50. The third kappa shape index (κ3) is 7.10. The van der Waals surface area contributed by atoms with E-state index in [9.17, 15) is 9.59 Å². The van der Waals surface area contributed by atoms with Gasteiger partial charge in [-0.15, -0.1) is 0 Å². The van der Waals surface area contributed by atoms with E-state index in [0.29, 0.717) is 25.1 Å². The molecular weight excluding hydrogens is 518 g/mol. The Bertz CT molecular complexity index is 1290. The van der Waals surface area contributed by atoms with Gasteiger partial charge in [-0.2, -0.15) is 0 Å². The van der Waals surface area contributed by atoms with Gasteiger partial charge in [-0.05, 0) is 67.1 Å². The SMILES string of the molecule is Cc1ccccc1N1CCN(c2ccc(C(=O)NCCCN3CCCC3=O)cc2NSCc2ccccc2)CC1. The molecule has 0 bridgehead atoms. The third-order valence-electron chi connectivity index (χ3n) is 7.66. The minimum Gasteiger partial charge on any atom is -0.368 e. The number of amides is 2. The molecule has 2 aliphatic heterocycles. The van der Waals surface area contributed by atoms with Crippen LogP contribution in [0.25, 0.3) is 0 Å². The van der Waals surface area contributed by atoms with Crippen molar-refractivity contribution >= 4 is 40.8 Å². The summed E-state index contributed by atoms with van der Waals surface area (Å²) in [5.74, 6) is 0.970. The standard InChI is InChI=1S/C32H39N5O2S/c1-25-9-5-6-12-29(25)35-19-21-36(22-20-35)30-15-14-27(23-28(30)34-40-24-26-10-3-2-4-11-26)32(39)33-16-8-18-37-17-7-13-31(37)38/h2-6,9-12,14-15,23,34H,7-8,13,16-22,24H2,1H3,(H,33,39). The zero-order chi connectivity index (χ0) is 27.7. The lowest BCUT2D eigenvalue weighted by molar-refractivity contribution is -0.127. The summed E-state index contributed by atoms with van der Waals surface area (Å²) >= 11 is 1.64. The Balaban J connectivity index is 1.23. The molecule has 0 aliphatic carbocycles. The highest BCUT2D eigenvalue weighted by Gasteiger charge is 2.22. The number of piperazine rings is 1. The molecule has 2 aliphatic rings. The topological polar surface area (TPSA) is 67.9 Å². The number of likely N-dealkylation sites (tertiary alicyclic amines) is 1. The van der Waals surface area contributed by atoms with Gasteiger partial charge in [-0.1, -0.05) is 48.5 Å². The predicted octanol–water partition coefficient (Wildman–Crippen LogP) is 5.32. The van der Waals surface area contributed by atoms with Crippen LogP contribution in [0.5, 0.6) is 0 Å². The highest BCUT2D eigenvalue weighted by atomic mass is 32.2. The monoisotopic (exact) mass is 557 g/mol. The van der Waals surface area contributed by atoms with Gasteiger partial charge >= 0.3 is 0 Å². The summed E-state index contributed by atoms with van der Waals surface area (Å²) < 4.78 is 3.55. The van der Waals surface area contributed by atoms with Crippen molar-refractivity contribution in [2.24, 2.45) is 0 Å². The Morgan fingerprint density at radius 2 is 1.60 bits per heavy atom. The van der Waals surface area contributed by atoms with Gasteiger partial charge in [-0.25, -0.2) is 0 Å². The van der Waals surface area contributed by atoms with E-state index in [1.807, 2.05) is 23.1 Å². The van der Waals surface area contributed by atoms with Crippen LogP contribution < -0.4 is 19.8 Å². The molecule has 0 aromatic heterocycles. The van der Waals surface area contributed by atoms with Crippen LogP contribution >= 0.6 is 11.9 Å². The van der Waals surface area contributed by atoms with Gasteiger partial charge in [0, 0.05) is 69.2 Å². The summed E-state index contributed by atoms with van der Waals surface area (Å²) in [6.45, 7) is 7.98. The maximum Gasteiger partial charge on any atom is 0.251 e. The van der Waals surface area contributed by atoms with Crippen LogP contribution in [0.15, 0.2) is 72.8 Å². The van der Waals surface area contributed by atoms with Crippen molar-refractivity contribution in [3.8, 4) is 0 Å². The summed E-state index contributed by atoms with van der Waals surface area (Å²) in [6.07, 6.45) is 2.35. The fourth-order valence-corrected chi connectivity index (χ4v) is 6.18. The number of benzene rings is 3. The lowest BCUT2D eigenvalue weighted by atomic mass is 10.1. The molecule has 2 heterocycles. The number of aryl methyl sites for hydroxylation is 1. The highest BCUT2D eigenvalue weighted by Crippen LogP contribution is 2.32. The zero-order valence-corrected chi connectivity index (χ0v) is 24.1. The number of hydrogen-bond donors (Lipinski definition) is 2. The summed E-state index contributed by atoms with van der Waals surface area (Å²) in [7, 11) is 0. The lowest BCUT2D eigenvalue weighted by Crippen LogP contribution is -2.47. The summed E-state index contributed by atoms with van der Waals surface area (Å²) in [4.78, 5) is 31.6. The van der Waals surface area contributed by atoms with Crippen molar-refractivity contribution in [3.63, 3.8) is 0 Å². The van der Waals surface area contributed by atoms with Gasteiger partial charge in [0.1, 0.15) is 0 Å². The van der Waals surface area contributed by atoms with Gasteiger partial charge in [-0.3, -0.25) is 9.59 Å². The molecule has 210 valence electrons. The Morgan fingerprint density at radius 1 is 0.875 bits per heavy atom. The largest absolute Gasteiger partial charge is 0.368 e. The van der Waals surface area contributed by atoms with Gasteiger partial charge in [0.15, 0.2) is 0 Å². The molecular formula is C32H39N5O2S. The molecule has 0 saturated carbocycles. The van der Waals surface area contributed by atoms with E-state index in [1.54, 1.807) is 11.9 Å². The van der Waals surface area contributed by atoms with Gasteiger partial charge < -0.3 is 24.7 Å². The summed E-state index contributed by atoms with van der Waals surface area (Å²) in [5, 5.41) is 3.04. The second kappa shape index (κ2) is 13.6. The van der Waals surface area contributed by atoms with E-state index in [-0.39, 0.29) is 11.8 Å². The van der Waals surface area contributed by atoms with Crippen LogP contribution in [0.3, 0.4) is 0 Å². The number of anilines is 3. The second-order valence-electron chi connectivity index (χ2n) is 10.5. The van der Waals surface area contributed by atoms with Crippen LogP contribution in [0.2, 0.25) is 0 Å². The molecule has 0 spiro atoms. The molecule has 2 N–H and O–H groups in total. The number of carbonyl (C=O) groups is 2. The molecule has 0 unspecified atom stereocenters. The molecule has 0 radical (unpaired) electrons. The van der Waals surface area contributed by atoms with Gasteiger partial charge in [0.05, 0.1) is 11.4 Å². The lowest BCUT2D eigenvalue weighted by Gasteiger charge is -2.38. The Kier molecular flexibility index (Phi) is 9.50. The number of carbonyl (C=O) groups excluding carboxylic acids is 2. The van der Waals surface area contributed by atoms with Crippen LogP contribution in [0.4, 0.5) is 17.1 Å². The van der Waals surface area contributed by atoms with E-state index in [2.05, 4.69) is 81.4 Å². The molecule has 2 fully saturated rings. The maximum atomic E-state index is 13.0. The zero-order valence-electron chi connectivity index (χ0n) is 23.3. The predicted molar refractivity (Wildman–Crippen MR) is 166 cm³/mol. The quantitative estimate of drug-likeness (QED) is 0.246. The minimum atomic E-state index is -0.0835. The van der Waals surface area contributed by atoms with E-state index >= 15 is 0 Å². The van der Waals surface area contributed by atoms with Gasteiger partial charge in [0.25, 0.3) is 5.91 Å². The first-order valence-electron chi connectivity index (χ1n) is 14.3. The van der Waals surface area contributed by atoms with E-state index in [0.717, 1.165) is 62.7 Å². The summed E-state index contributed by atoms with van der Waals surface area (Å²) in [5.41, 5.74) is 6.58. The number of para-hydroxylation sites is 1. The molecule has 0 atom stereocenters. The van der Waals surface area contributed by atoms with E-state index < -0.39 is 0 Å². The van der Waals surface area contributed by atoms with Crippen molar-refractivity contribution in [1.82, 2.24) is 10.2 Å². The van der Waals surface area contributed by atoms with Crippen molar-refractivity contribution in [1.29, 1.82) is 0 Å². The van der Waals surface area contributed by atoms with Crippen molar-refractivity contribution < 1.29 is 9.59 Å². The van der Waals surface area contributed by atoms with E-state index in [1.165, 1.54) is 16.8 Å². The Labute approximate surface area is 242 Å². The van der Waals surface area contributed by atoms with Crippen LogP contribution in [-0.2, 0) is 10.5 Å². The van der Waals surface area contributed by atoms with Crippen LogP contribution in [0, 0.1) is 6.92 Å². The molecule has 3 aromatic rings. The molecule has 2 amide bonds. The Hall–Kier alpha value is -3.65. The van der Waals surface area contributed by atoms with Crippen LogP contribution in [-0.4, -0.2) is 62.5 Å². The van der Waals surface area contributed by atoms with E-state index in [4.69, 9.17) is 0 Å². The highest BCUT2D eigenvalue weighted by molar-refractivity contribution is 7.99. The average Bonchev–Trinajstić information content (AvgIpc) is 3.40. The first-order valence-corrected chi connectivity index (χ1v) is 15.2. The molecule has 3 aromatic carbocycles. The molecule has 8 heteroatoms. The number of rotatable bonds is 11. The van der Waals surface area contributed by atoms with Crippen molar-refractivity contribution in [2.75, 3.05) is 60.3 Å². The smallest absolute Gasteiger partial charge is 0.251 e. The van der Waals surface area contributed by atoms with Crippen molar-refractivity contribution in [2.45, 2.75) is 31.9 Å². The fourth-order valence-electron chi connectivity index (χ4n) is 5.43. The normalized spacial score (nSPS) is 15.4. The maximum absolute atomic E-state index is 13.0. The fraction of sp³-hybridized carbons (Fsp3) is 0.375. The molecule has 40 heavy (non-hydrogen) atoms. The van der Waals surface area contributed by atoms with Crippen molar-refractivity contribution in [3.05, 3.63) is 89.5 Å². The summed E-state index contributed by atoms with van der Waals surface area (Å²) in [6, 6.07) is 24.9. The number of nitrogens with zero attached hydrogens (tertiary/aromatic N) is 3. The number of hydrogen-bond acceptors (Lipinski definition) is 6. The second-order valence-corrected chi connectivity index (χ2v) is 11.2. The average molecular weight is 558 g/mol. The Morgan fingerprint density at radius 3 is 2.33 bits per heavy atom.